The van der Waals surface area contributed by atoms with Gasteiger partial charge in [0.25, 0.3) is 0 Å². The van der Waals surface area contributed by atoms with Crippen LogP contribution >= 0.6 is 0 Å². The topological polar surface area (TPSA) is 54.4 Å². The second-order valence-electron chi connectivity index (χ2n) is 7.63. The van der Waals surface area contributed by atoms with E-state index in [2.05, 4.69) is 39.0 Å². The second-order valence-corrected chi connectivity index (χ2v) is 7.63. The van der Waals surface area contributed by atoms with E-state index in [9.17, 15) is 9.59 Å². The van der Waals surface area contributed by atoms with Crippen LogP contribution in [0.5, 0.6) is 0 Å². The van der Waals surface area contributed by atoms with E-state index in [1.54, 1.807) is 6.92 Å². The molecular weight excluding hydrogens is 336 g/mol. The zero-order chi connectivity index (χ0) is 20.7. The molecule has 0 aromatic rings. The first kappa shape index (κ1) is 25.1. The molecule has 0 bridgehead atoms. The maximum atomic E-state index is 10.9. The van der Waals surface area contributed by atoms with Gasteiger partial charge in [-0.05, 0) is 79.6 Å². The van der Waals surface area contributed by atoms with Crippen LogP contribution in [0.1, 0.15) is 92.4 Å². The summed E-state index contributed by atoms with van der Waals surface area (Å²) in [5.74, 6) is -0.510. The molecule has 0 spiro atoms. The Bertz CT molecular complexity index is 589. The van der Waals surface area contributed by atoms with Crippen LogP contribution in [0, 0.1) is 0 Å². The van der Waals surface area contributed by atoms with Crippen LogP contribution in [-0.2, 0) is 9.59 Å². The molecule has 3 nitrogen and oxygen atoms in total. The Morgan fingerprint density at radius 2 is 0.926 bits per heavy atom. The minimum absolute atomic E-state index is 0.137. The molecule has 0 radical (unpaired) electrons. The molecule has 0 rings (SSSR count). The van der Waals surface area contributed by atoms with Crippen molar-refractivity contribution in [2.24, 2.45) is 0 Å². The average molecular weight is 375 g/mol. The normalized spacial score (nSPS) is 13.8. The summed E-state index contributed by atoms with van der Waals surface area (Å²) in [6.07, 6.45) is 16.6. The number of hydrogen-bond acceptors (Lipinski definition) is 2. The predicted molar refractivity (Wildman–Crippen MR) is 115 cm³/mol. The molecule has 0 saturated heterocycles. The van der Waals surface area contributed by atoms with E-state index < -0.39 is 5.97 Å². The fourth-order valence-electron chi connectivity index (χ4n) is 2.78. The van der Waals surface area contributed by atoms with E-state index in [4.69, 9.17) is 5.11 Å². The molecule has 0 atom stereocenters. The van der Waals surface area contributed by atoms with Gasteiger partial charge in [-0.25, -0.2) is 0 Å². The van der Waals surface area contributed by atoms with Crippen molar-refractivity contribution < 1.29 is 14.7 Å². The van der Waals surface area contributed by atoms with Crippen molar-refractivity contribution >= 4 is 11.8 Å². The molecule has 27 heavy (non-hydrogen) atoms. The largest absolute Gasteiger partial charge is 0.481 e. The quantitative estimate of drug-likeness (QED) is 0.334. The lowest BCUT2D eigenvalue weighted by Crippen LogP contribution is -1.94. The summed E-state index contributed by atoms with van der Waals surface area (Å²) in [5.41, 5.74) is 5.08. The Balaban J connectivity index is 4.06. The molecule has 0 aliphatic carbocycles. The number of carbonyl (C=O) groups is 2. The van der Waals surface area contributed by atoms with Gasteiger partial charge in [0.2, 0.25) is 0 Å². The number of hydrogen-bond donors (Lipinski definition) is 1. The number of aliphatic carboxylic acids is 1. The van der Waals surface area contributed by atoms with E-state index >= 15 is 0 Å². The molecule has 152 valence electrons. The van der Waals surface area contributed by atoms with Crippen LogP contribution in [0.25, 0.3) is 0 Å². The molecule has 3 heteroatoms. The minimum atomic E-state index is -0.764. The maximum Gasteiger partial charge on any atom is 0.307 e. The summed E-state index contributed by atoms with van der Waals surface area (Å²) < 4.78 is 0. The molecule has 0 amide bonds. The highest BCUT2D eigenvalue weighted by atomic mass is 16.4. The SMILES string of the molecule is CC(=O)CCC=C(C)CCC=C(C)CCC=C(C)CCC=C(C)CC(=O)O. The zero-order valence-corrected chi connectivity index (χ0v) is 17.9. The Hall–Kier alpha value is -1.90. The monoisotopic (exact) mass is 374 g/mol. The van der Waals surface area contributed by atoms with Crippen LogP contribution in [0.4, 0.5) is 0 Å². The van der Waals surface area contributed by atoms with Crippen LogP contribution < -0.4 is 0 Å². The lowest BCUT2D eigenvalue weighted by atomic mass is 10.0. The van der Waals surface area contributed by atoms with Crippen molar-refractivity contribution in [1.29, 1.82) is 0 Å². The highest BCUT2D eigenvalue weighted by Crippen LogP contribution is 2.14. The van der Waals surface area contributed by atoms with Gasteiger partial charge in [0, 0.05) is 6.42 Å². The molecule has 0 aromatic heterocycles. The second kappa shape index (κ2) is 15.2. The van der Waals surface area contributed by atoms with Gasteiger partial charge < -0.3 is 9.90 Å². The van der Waals surface area contributed by atoms with Gasteiger partial charge in [0.05, 0.1) is 6.42 Å². The number of carboxylic acid groups (broad SMARTS) is 1. The Labute approximate surface area is 165 Å². The van der Waals surface area contributed by atoms with Gasteiger partial charge in [-0.2, -0.15) is 0 Å². The van der Waals surface area contributed by atoms with Crippen molar-refractivity contribution in [2.75, 3.05) is 0 Å². The van der Waals surface area contributed by atoms with E-state index in [1.807, 2.05) is 13.0 Å². The van der Waals surface area contributed by atoms with Crippen LogP contribution in [0.15, 0.2) is 46.6 Å². The maximum absolute atomic E-state index is 10.9. The minimum Gasteiger partial charge on any atom is -0.481 e. The van der Waals surface area contributed by atoms with E-state index in [-0.39, 0.29) is 12.2 Å². The van der Waals surface area contributed by atoms with E-state index in [0.29, 0.717) is 6.42 Å². The summed E-state index contributed by atoms with van der Waals surface area (Å²) in [7, 11) is 0. The molecule has 1 N–H and O–H groups in total. The van der Waals surface area contributed by atoms with Gasteiger partial charge in [0.1, 0.15) is 5.78 Å². The fourth-order valence-corrected chi connectivity index (χ4v) is 2.78. The van der Waals surface area contributed by atoms with Crippen molar-refractivity contribution in [1.82, 2.24) is 0 Å². The molecule has 0 aromatic carbocycles. The highest BCUT2D eigenvalue weighted by molar-refractivity contribution is 5.75. The molecular formula is C24H38O3. The Morgan fingerprint density at radius 3 is 1.26 bits per heavy atom. The first-order valence-corrected chi connectivity index (χ1v) is 10.0. The first-order valence-electron chi connectivity index (χ1n) is 10.0. The van der Waals surface area contributed by atoms with E-state index in [1.165, 1.54) is 16.7 Å². The van der Waals surface area contributed by atoms with Crippen molar-refractivity contribution in [3.05, 3.63) is 46.6 Å². The Kier molecular flexibility index (Phi) is 14.1. The molecule has 0 unspecified atom stereocenters. The molecule has 0 saturated carbocycles. The third-order valence-electron chi connectivity index (χ3n) is 4.51. The van der Waals surface area contributed by atoms with Crippen molar-refractivity contribution in [3.63, 3.8) is 0 Å². The highest BCUT2D eigenvalue weighted by Gasteiger charge is 1.98. The van der Waals surface area contributed by atoms with Gasteiger partial charge in [-0.1, -0.05) is 46.6 Å². The summed E-state index contributed by atoms with van der Waals surface area (Å²) in [5, 5.41) is 8.74. The van der Waals surface area contributed by atoms with Crippen molar-refractivity contribution in [3.8, 4) is 0 Å². The van der Waals surface area contributed by atoms with E-state index in [0.717, 1.165) is 50.5 Å². The smallest absolute Gasteiger partial charge is 0.307 e. The number of Topliss-reactive ketones (excluding diaryl/α,β-unsaturated/α-hetero) is 1. The lowest BCUT2D eigenvalue weighted by Gasteiger charge is -2.03. The lowest BCUT2D eigenvalue weighted by molar-refractivity contribution is -0.136. The average Bonchev–Trinajstić information content (AvgIpc) is 2.53. The summed E-state index contributed by atoms with van der Waals surface area (Å²) in [6, 6.07) is 0. The number of allylic oxidation sites excluding steroid dienone is 7. The van der Waals surface area contributed by atoms with Crippen LogP contribution in [0.2, 0.25) is 0 Å². The number of carbonyl (C=O) groups excluding carboxylic acids is 1. The predicted octanol–water partition coefficient (Wildman–Crippen LogP) is 6.96. The van der Waals surface area contributed by atoms with Crippen LogP contribution in [-0.4, -0.2) is 16.9 Å². The standard InChI is InChI=1S/C24H38O3/c1-19(11-7-13-21(3)15-9-17-23(5)25)10-6-12-20(2)14-8-16-22(4)18-24(26)27/h11-12,15-16H,6-10,13-14,17-18H2,1-5H3,(H,26,27). The third kappa shape index (κ3) is 17.3. The molecule has 0 fully saturated rings. The number of carboxylic acids is 1. The van der Waals surface area contributed by atoms with Gasteiger partial charge in [-0.15, -0.1) is 0 Å². The van der Waals surface area contributed by atoms with Crippen LogP contribution in [0.3, 0.4) is 0 Å². The third-order valence-corrected chi connectivity index (χ3v) is 4.51. The summed E-state index contributed by atoms with van der Waals surface area (Å²) in [6.45, 7) is 10.00. The fraction of sp³-hybridized carbons (Fsp3) is 0.583. The number of rotatable bonds is 14. The molecule has 0 aliphatic heterocycles. The van der Waals surface area contributed by atoms with Gasteiger partial charge in [-0.3, -0.25) is 4.79 Å². The first-order chi connectivity index (χ1) is 12.7. The van der Waals surface area contributed by atoms with Crippen molar-refractivity contribution in [2.45, 2.75) is 92.4 Å². The zero-order valence-electron chi connectivity index (χ0n) is 17.9. The number of ketones is 1. The Morgan fingerprint density at radius 1 is 0.593 bits per heavy atom. The molecule has 0 heterocycles. The van der Waals surface area contributed by atoms with Gasteiger partial charge >= 0.3 is 5.97 Å². The summed E-state index contributed by atoms with van der Waals surface area (Å²) >= 11 is 0. The van der Waals surface area contributed by atoms with Gasteiger partial charge in [0.15, 0.2) is 0 Å². The summed E-state index contributed by atoms with van der Waals surface area (Å²) in [4.78, 5) is 21.6. The molecule has 0 aliphatic rings.